The molecule has 0 aromatic heterocycles. The molecule has 1 heterocycles. The van der Waals surface area contributed by atoms with Crippen LogP contribution in [0, 0.1) is 12.3 Å². The highest BCUT2D eigenvalue weighted by molar-refractivity contribution is 14.0. The summed E-state index contributed by atoms with van der Waals surface area (Å²) >= 11 is 3.49. The lowest BCUT2D eigenvalue weighted by Gasteiger charge is -2.39. The molecule has 1 saturated heterocycles. The van der Waals surface area contributed by atoms with Crippen LogP contribution in [0.3, 0.4) is 0 Å². The van der Waals surface area contributed by atoms with Crippen molar-refractivity contribution in [2.45, 2.75) is 13.0 Å². The average Bonchev–Trinajstić information content (AvgIpc) is 2.56. The van der Waals surface area contributed by atoms with Crippen LogP contribution in [0.25, 0.3) is 0 Å². The summed E-state index contributed by atoms with van der Waals surface area (Å²) < 4.78 is 1.12. The Morgan fingerprint density at radius 2 is 1.91 bits per heavy atom. The van der Waals surface area contributed by atoms with Crippen LogP contribution in [0.4, 0.5) is 0 Å². The van der Waals surface area contributed by atoms with Crippen molar-refractivity contribution in [1.29, 1.82) is 0 Å². The van der Waals surface area contributed by atoms with Crippen LogP contribution < -0.4 is 5.32 Å². The molecule has 1 aliphatic heterocycles. The zero-order valence-electron chi connectivity index (χ0n) is 13.6. The van der Waals surface area contributed by atoms with Crippen molar-refractivity contribution in [3.8, 4) is 12.3 Å². The summed E-state index contributed by atoms with van der Waals surface area (Å²) in [6.07, 6.45) is 5.30. The second-order valence-electron chi connectivity index (χ2n) is 5.36. The number of guanidine groups is 1. The SMILES string of the molecule is C#CCNC(=NC)N1CCN(C(C)c2ccc(Br)cc2)CC1.I. The second-order valence-corrected chi connectivity index (χ2v) is 6.27. The van der Waals surface area contributed by atoms with E-state index in [1.807, 2.05) is 0 Å². The van der Waals surface area contributed by atoms with Crippen LogP contribution in [-0.2, 0) is 0 Å². The van der Waals surface area contributed by atoms with Gasteiger partial charge in [-0.05, 0) is 24.6 Å². The highest BCUT2D eigenvalue weighted by Crippen LogP contribution is 2.23. The van der Waals surface area contributed by atoms with Crippen LogP contribution in [-0.4, -0.2) is 55.5 Å². The fraction of sp³-hybridized carbons (Fsp3) is 0.471. The van der Waals surface area contributed by atoms with Gasteiger partial charge in [0.05, 0.1) is 6.54 Å². The Bertz CT molecular complexity index is 545. The Balaban J connectivity index is 0.00000264. The molecule has 1 fully saturated rings. The molecule has 0 aliphatic carbocycles. The van der Waals surface area contributed by atoms with Crippen LogP contribution in [0.1, 0.15) is 18.5 Å². The Morgan fingerprint density at radius 3 is 2.43 bits per heavy atom. The summed E-state index contributed by atoms with van der Waals surface area (Å²) in [6, 6.07) is 9.01. The molecule has 4 nitrogen and oxygen atoms in total. The molecule has 2 rings (SSSR count). The van der Waals surface area contributed by atoms with E-state index in [0.29, 0.717) is 12.6 Å². The molecular formula is C17H24BrIN4. The molecule has 1 aromatic rings. The van der Waals surface area contributed by atoms with E-state index in [0.717, 1.165) is 36.6 Å². The minimum absolute atomic E-state index is 0. The summed E-state index contributed by atoms with van der Waals surface area (Å²) in [5.41, 5.74) is 1.35. The fourth-order valence-electron chi connectivity index (χ4n) is 2.74. The molecule has 1 unspecified atom stereocenters. The Hall–Kier alpha value is -0.780. The molecule has 0 amide bonds. The minimum Gasteiger partial charge on any atom is -0.345 e. The second kappa shape index (κ2) is 10.2. The topological polar surface area (TPSA) is 30.9 Å². The van der Waals surface area contributed by atoms with E-state index in [9.17, 15) is 0 Å². The molecule has 0 spiro atoms. The lowest BCUT2D eigenvalue weighted by atomic mass is 10.1. The number of aliphatic imine (C=N–C) groups is 1. The zero-order valence-corrected chi connectivity index (χ0v) is 17.5. The predicted molar refractivity (Wildman–Crippen MR) is 111 cm³/mol. The van der Waals surface area contributed by atoms with Crippen molar-refractivity contribution in [3.63, 3.8) is 0 Å². The summed E-state index contributed by atoms with van der Waals surface area (Å²) in [5.74, 6) is 3.49. The number of nitrogens with zero attached hydrogens (tertiary/aromatic N) is 3. The molecule has 1 atom stereocenters. The molecule has 0 radical (unpaired) electrons. The largest absolute Gasteiger partial charge is 0.345 e. The number of hydrogen-bond donors (Lipinski definition) is 1. The number of rotatable bonds is 3. The van der Waals surface area contributed by atoms with Crippen LogP contribution in [0.5, 0.6) is 0 Å². The van der Waals surface area contributed by atoms with Crippen molar-refractivity contribution < 1.29 is 0 Å². The smallest absolute Gasteiger partial charge is 0.194 e. The third-order valence-electron chi connectivity index (χ3n) is 4.07. The molecule has 1 N–H and O–H groups in total. The summed E-state index contributed by atoms with van der Waals surface area (Å²) in [5, 5.41) is 3.19. The number of piperazine rings is 1. The van der Waals surface area contributed by atoms with Gasteiger partial charge in [-0.15, -0.1) is 30.4 Å². The maximum atomic E-state index is 5.30. The van der Waals surface area contributed by atoms with Crippen LogP contribution in [0.2, 0.25) is 0 Å². The van der Waals surface area contributed by atoms with Gasteiger partial charge in [-0.1, -0.05) is 34.0 Å². The van der Waals surface area contributed by atoms with Crippen molar-refractivity contribution in [2.75, 3.05) is 39.8 Å². The number of halogens is 2. The lowest BCUT2D eigenvalue weighted by Crippen LogP contribution is -2.52. The fourth-order valence-corrected chi connectivity index (χ4v) is 3.00. The van der Waals surface area contributed by atoms with Gasteiger partial charge in [-0.2, -0.15) is 0 Å². The van der Waals surface area contributed by atoms with Gasteiger partial charge in [0.15, 0.2) is 5.96 Å². The first-order valence-electron chi connectivity index (χ1n) is 7.54. The summed E-state index contributed by atoms with van der Waals surface area (Å²) in [4.78, 5) is 9.07. The van der Waals surface area contributed by atoms with E-state index >= 15 is 0 Å². The third kappa shape index (κ3) is 5.66. The molecular weight excluding hydrogens is 467 g/mol. The minimum atomic E-state index is 0. The Labute approximate surface area is 164 Å². The molecule has 6 heteroatoms. The average molecular weight is 491 g/mol. The summed E-state index contributed by atoms with van der Waals surface area (Å²) in [6.45, 7) is 6.75. The Morgan fingerprint density at radius 1 is 1.30 bits per heavy atom. The molecule has 0 saturated carbocycles. The number of benzene rings is 1. The standard InChI is InChI=1S/C17H23BrN4.HI/c1-4-9-20-17(19-3)22-12-10-21(11-13-22)14(2)15-5-7-16(18)8-6-15;/h1,5-8,14H,9-13H2,2-3H3,(H,19,20);1H. The van der Waals surface area contributed by atoms with Gasteiger partial charge in [-0.25, -0.2) is 0 Å². The zero-order chi connectivity index (χ0) is 15.9. The van der Waals surface area contributed by atoms with Gasteiger partial charge in [0.25, 0.3) is 0 Å². The quantitative estimate of drug-likeness (QED) is 0.306. The van der Waals surface area contributed by atoms with Crippen molar-refractivity contribution in [3.05, 3.63) is 34.3 Å². The molecule has 126 valence electrons. The maximum Gasteiger partial charge on any atom is 0.194 e. The van der Waals surface area contributed by atoms with E-state index in [1.54, 1.807) is 7.05 Å². The number of hydrogen-bond acceptors (Lipinski definition) is 2. The molecule has 23 heavy (non-hydrogen) atoms. The first-order valence-corrected chi connectivity index (χ1v) is 8.33. The van der Waals surface area contributed by atoms with E-state index < -0.39 is 0 Å². The van der Waals surface area contributed by atoms with Crippen molar-refractivity contribution in [2.24, 2.45) is 4.99 Å². The highest BCUT2D eigenvalue weighted by atomic mass is 127. The molecule has 1 aromatic carbocycles. The number of terminal acetylenes is 1. The van der Waals surface area contributed by atoms with Gasteiger partial charge in [0.1, 0.15) is 0 Å². The first-order chi connectivity index (χ1) is 10.7. The van der Waals surface area contributed by atoms with Gasteiger partial charge in [-0.3, -0.25) is 9.89 Å². The number of nitrogens with one attached hydrogen (secondary N) is 1. The monoisotopic (exact) mass is 490 g/mol. The highest BCUT2D eigenvalue weighted by Gasteiger charge is 2.23. The Kier molecular flexibility index (Phi) is 8.95. The van der Waals surface area contributed by atoms with Gasteiger partial charge in [0.2, 0.25) is 0 Å². The van der Waals surface area contributed by atoms with Gasteiger partial charge < -0.3 is 10.2 Å². The third-order valence-corrected chi connectivity index (χ3v) is 4.60. The maximum absolute atomic E-state index is 5.30. The molecule has 0 bridgehead atoms. The molecule has 1 aliphatic rings. The normalized spacial score (nSPS) is 17.1. The van der Waals surface area contributed by atoms with Gasteiger partial charge in [0, 0.05) is 43.7 Å². The van der Waals surface area contributed by atoms with Crippen LogP contribution >= 0.6 is 39.9 Å². The van der Waals surface area contributed by atoms with E-state index in [-0.39, 0.29) is 24.0 Å². The van der Waals surface area contributed by atoms with Crippen molar-refractivity contribution >= 4 is 45.9 Å². The van der Waals surface area contributed by atoms with Crippen molar-refractivity contribution in [1.82, 2.24) is 15.1 Å². The van der Waals surface area contributed by atoms with Gasteiger partial charge >= 0.3 is 0 Å². The van der Waals surface area contributed by atoms with Crippen LogP contribution in [0.15, 0.2) is 33.7 Å². The van der Waals surface area contributed by atoms with E-state index in [4.69, 9.17) is 6.42 Å². The summed E-state index contributed by atoms with van der Waals surface area (Å²) in [7, 11) is 1.80. The van der Waals surface area contributed by atoms with E-state index in [2.05, 4.69) is 73.1 Å². The first kappa shape index (κ1) is 20.3. The predicted octanol–water partition coefficient (Wildman–Crippen LogP) is 2.95. The van der Waals surface area contributed by atoms with E-state index in [1.165, 1.54) is 5.56 Å². The lowest BCUT2D eigenvalue weighted by molar-refractivity contribution is 0.138.